The van der Waals surface area contributed by atoms with E-state index in [2.05, 4.69) is 9.97 Å². The molecule has 0 bridgehead atoms. The van der Waals surface area contributed by atoms with Gasteiger partial charge < -0.3 is 14.9 Å². The minimum absolute atomic E-state index is 0.0707. The van der Waals surface area contributed by atoms with Crippen LogP contribution in [0.1, 0.15) is 28.6 Å². The van der Waals surface area contributed by atoms with Crippen molar-refractivity contribution in [3.05, 3.63) is 70.9 Å². The maximum absolute atomic E-state index is 13.1. The van der Waals surface area contributed by atoms with E-state index >= 15 is 0 Å². The lowest BCUT2D eigenvalue weighted by molar-refractivity contribution is -0.140. The summed E-state index contributed by atoms with van der Waals surface area (Å²) in [5, 5.41) is 11.4. The number of hydrogen-bond acceptors (Lipinski definition) is 6. The topological polar surface area (TPSA) is 91.0 Å². The van der Waals surface area contributed by atoms with Gasteiger partial charge in [0.15, 0.2) is 5.76 Å². The monoisotopic (exact) mass is 419 g/mol. The number of carbonyl (C=O) groups excluding carboxylic acids is 2. The van der Waals surface area contributed by atoms with Gasteiger partial charge in [0.2, 0.25) is 0 Å². The largest absolute Gasteiger partial charge is 0.505 e. The maximum atomic E-state index is 13.1. The van der Waals surface area contributed by atoms with Crippen LogP contribution >= 0.6 is 0 Å². The number of hydrogen-bond donors (Lipinski definition) is 1. The summed E-state index contributed by atoms with van der Waals surface area (Å²) in [5.74, 6) is -1.53. The molecule has 3 aromatic rings. The highest BCUT2D eigenvalue weighted by atomic mass is 16.3. The highest BCUT2D eigenvalue weighted by molar-refractivity contribution is 6.46. The highest BCUT2D eigenvalue weighted by Gasteiger charge is 2.46. The van der Waals surface area contributed by atoms with Gasteiger partial charge in [0.25, 0.3) is 11.7 Å². The van der Waals surface area contributed by atoms with Gasteiger partial charge in [-0.2, -0.15) is 0 Å². The first-order valence-electron chi connectivity index (χ1n) is 10.1. The van der Waals surface area contributed by atoms with E-state index in [1.165, 1.54) is 4.90 Å². The lowest BCUT2D eigenvalue weighted by Gasteiger charge is -2.26. The predicted molar refractivity (Wildman–Crippen MR) is 116 cm³/mol. The Kier molecular flexibility index (Phi) is 5.32. The fourth-order valence-corrected chi connectivity index (χ4v) is 4.04. The van der Waals surface area contributed by atoms with Crippen LogP contribution in [0.15, 0.2) is 48.4 Å². The second-order valence-corrected chi connectivity index (χ2v) is 8.01. The van der Waals surface area contributed by atoms with E-state index in [9.17, 15) is 14.7 Å². The van der Waals surface area contributed by atoms with Crippen molar-refractivity contribution < 1.29 is 14.7 Å². The quantitative estimate of drug-likeness (QED) is 0.388. The van der Waals surface area contributed by atoms with Gasteiger partial charge >= 0.3 is 0 Å². The van der Waals surface area contributed by atoms with Crippen LogP contribution in [0.2, 0.25) is 0 Å². The second kappa shape index (κ2) is 7.96. The summed E-state index contributed by atoms with van der Waals surface area (Å²) < 4.78 is 1.76. The number of fused-ring (bicyclic) bond motifs is 1. The molecule has 8 nitrogen and oxygen atoms in total. The summed E-state index contributed by atoms with van der Waals surface area (Å²) in [6, 6.07) is 6.62. The first-order valence-corrected chi connectivity index (χ1v) is 10.1. The Labute approximate surface area is 180 Å². The number of amides is 1. The third kappa shape index (κ3) is 3.48. The van der Waals surface area contributed by atoms with Gasteiger partial charge in [0, 0.05) is 31.7 Å². The van der Waals surface area contributed by atoms with Crippen molar-refractivity contribution in [2.75, 3.05) is 27.2 Å². The molecule has 1 aliphatic rings. The van der Waals surface area contributed by atoms with Crippen molar-refractivity contribution in [2.45, 2.75) is 19.9 Å². The van der Waals surface area contributed by atoms with Crippen molar-refractivity contribution in [1.82, 2.24) is 24.2 Å². The molecular formula is C23H25N5O3. The minimum atomic E-state index is -0.697. The number of aliphatic hydroxyl groups excluding tert-OH is 1. The molecule has 0 radical (unpaired) electrons. The molecular weight excluding hydrogens is 394 g/mol. The van der Waals surface area contributed by atoms with Crippen LogP contribution < -0.4 is 0 Å². The van der Waals surface area contributed by atoms with E-state index in [0.717, 1.165) is 11.1 Å². The maximum Gasteiger partial charge on any atom is 0.295 e. The Balaban J connectivity index is 1.94. The predicted octanol–water partition coefficient (Wildman–Crippen LogP) is 2.33. The summed E-state index contributed by atoms with van der Waals surface area (Å²) in [4.78, 5) is 38.2. The summed E-state index contributed by atoms with van der Waals surface area (Å²) in [5.41, 5.74) is 3.44. The van der Waals surface area contributed by atoms with Crippen LogP contribution in [0, 0.1) is 13.8 Å². The molecule has 0 aromatic carbocycles. The molecule has 1 atom stereocenters. The van der Waals surface area contributed by atoms with E-state index in [1.54, 1.807) is 42.0 Å². The molecule has 0 saturated carbocycles. The van der Waals surface area contributed by atoms with Crippen LogP contribution in [-0.2, 0) is 9.59 Å². The molecule has 1 aliphatic heterocycles. The lowest BCUT2D eigenvalue weighted by atomic mass is 9.97. The SMILES string of the molecule is Cc1nc2c(C)cccn2c1/C(O)=C1/C(=O)C(=O)N(CCN(C)C)C1c1ccncc1. The standard InChI is InChI=1S/C23H25N5O3/c1-14-6-5-11-27-18(15(2)25-22(14)27)20(29)17-19(16-7-9-24-10-8-16)28(13-12-26(3)4)23(31)21(17)30/h5-11,19,29H,12-13H2,1-4H3/b20-17-. The number of Topliss-reactive ketones (excluding diaryl/α,β-unsaturated/α-hetero) is 1. The average molecular weight is 419 g/mol. The Morgan fingerprint density at radius 1 is 1.16 bits per heavy atom. The lowest BCUT2D eigenvalue weighted by Crippen LogP contribution is -2.35. The number of rotatable bonds is 5. The summed E-state index contributed by atoms with van der Waals surface area (Å²) in [6.45, 7) is 4.66. The van der Waals surface area contributed by atoms with E-state index in [-0.39, 0.29) is 11.3 Å². The van der Waals surface area contributed by atoms with Gasteiger partial charge in [-0.15, -0.1) is 0 Å². The third-order valence-corrected chi connectivity index (χ3v) is 5.59. The molecule has 1 unspecified atom stereocenters. The van der Waals surface area contributed by atoms with Gasteiger partial charge in [-0.3, -0.25) is 19.0 Å². The van der Waals surface area contributed by atoms with Crippen molar-refractivity contribution in [1.29, 1.82) is 0 Å². The van der Waals surface area contributed by atoms with Gasteiger partial charge in [-0.1, -0.05) is 6.07 Å². The number of nitrogens with zero attached hydrogens (tertiary/aromatic N) is 5. The Bertz CT molecular complexity index is 1200. The van der Waals surface area contributed by atoms with Crippen LogP contribution in [0.4, 0.5) is 0 Å². The number of aliphatic hydroxyl groups is 1. The zero-order valence-electron chi connectivity index (χ0n) is 18.0. The molecule has 8 heteroatoms. The summed E-state index contributed by atoms with van der Waals surface area (Å²) >= 11 is 0. The first-order chi connectivity index (χ1) is 14.8. The number of carbonyl (C=O) groups is 2. The van der Waals surface area contributed by atoms with Crippen LogP contribution in [0.25, 0.3) is 11.4 Å². The van der Waals surface area contributed by atoms with E-state index in [0.29, 0.717) is 30.1 Å². The number of aromatic nitrogens is 3. The van der Waals surface area contributed by atoms with Crippen molar-refractivity contribution in [3.8, 4) is 0 Å². The van der Waals surface area contributed by atoms with E-state index < -0.39 is 17.7 Å². The number of pyridine rings is 2. The van der Waals surface area contributed by atoms with Gasteiger partial charge in [0.05, 0.1) is 17.3 Å². The van der Waals surface area contributed by atoms with Crippen LogP contribution in [-0.4, -0.2) is 68.2 Å². The van der Waals surface area contributed by atoms with E-state index in [4.69, 9.17) is 0 Å². The molecule has 0 aliphatic carbocycles. The Hall–Kier alpha value is -3.52. The number of imidazole rings is 1. The van der Waals surface area contributed by atoms with Crippen LogP contribution in [0.3, 0.4) is 0 Å². The summed E-state index contributed by atoms with van der Waals surface area (Å²) in [6.07, 6.45) is 5.02. The third-order valence-electron chi connectivity index (χ3n) is 5.59. The molecule has 3 aromatic heterocycles. The van der Waals surface area contributed by atoms with E-state index in [1.807, 2.05) is 38.1 Å². The number of aryl methyl sites for hydroxylation is 2. The molecule has 4 heterocycles. The summed E-state index contributed by atoms with van der Waals surface area (Å²) in [7, 11) is 3.81. The normalized spacial score (nSPS) is 18.5. The molecule has 1 fully saturated rings. The van der Waals surface area contributed by atoms with Crippen molar-refractivity contribution in [3.63, 3.8) is 0 Å². The zero-order chi connectivity index (χ0) is 22.3. The molecule has 1 saturated heterocycles. The minimum Gasteiger partial charge on any atom is -0.505 e. The van der Waals surface area contributed by atoms with Crippen molar-refractivity contribution in [2.24, 2.45) is 0 Å². The van der Waals surface area contributed by atoms with Gasteiger partial charge in [-0.05, 0) is 57.3 Å². The average Bonchev–Trinajstić information content (AvgIpc) is 3.21. The fraction of sp³-hybridized carbons (Fsp3) is 0.304. The van der Waals surface area contributed by atoms with Gasteiger partial charge in [0.1, 0.15) is 11.3 Å². The van der Waals surface area contributed by atoms with Gasteiger partial charge in [-0.25, -0.2) is 4.98 Å². The molecule has 1 amide bonds. The first kappa shape index (κ1) is 20.7. The molecule has 160 valence electrons. The number of likely N-dealkylation sites (tertiary alicyclic amines) is 1. The highest BCUT2D eigenvalue weighted by Crippen LogP contribution is 2.39. The number of ketones is 1. The smallest absolute Gasteiger partial charge is 0.295 e. The second-order valence-electron chi connectivity index (χ2n) is 8.01. The zero-order valence-corrected chi connectivity index (χ0v) is 18.0. The molecule has 31 heavy (non-hydrogen) atoms. The molecule has 1 N–H and O–H groups in total. The van der Waals surface area contributed by atoms with Crippen LogP contribution in [0.5, 0.6) is 0 Å². The number of likely N-dealkylation sites (N-methyl/N-ethyl adjacent to an activating group) is 1. The molecule has 0 spiro atoms. The fourth-order valence-electron chi connectivity index (χ4n) is 4.04. The molecule has 4 rings (SSSR count). The van der Waals surface area contributed by atoms with Crippen molar-refractivity contribution >= 4 is 23.1 Å². The Morgan fingerprint density at radius 2 is 1.87 bits per heavy atom. The Morgan fingerprint density at radius 3 is 2.55 bits per heavy atom.